The van der Waals surface area contributed by atoms with Crippen LogP contribution in [-0.2, 0) is 0 Å². The van der Waals surface area contributed by atoms with Crippen LogP contribution in [0.25, 0.3) is 0 Å². The SMILES string of the molecule is O=[N+]([O-])c1cc[c]nc1Cl. The van der Waals surface area contributed by atoms with Gasteiger partial charge in [0.2, 0.25) is 5.15 Å². The van der Waals surface area contributed by atoms with Crippen molar-refractivity contribution in [1.82, 2.24) is 4.98 Å². The van der Waals surface area contributed by atoms with E-state index in [0.29, 0.717) is 0 Å². The first kappa shape index (κ1) is 6.95. The van der Waals surface area contributed by atoms with E-state index < -0.39 is 4.92 Å². The lowest BCUT2D eigenvalue weighted by Crippen LogP contribution is -1.89. The minimum absolute atomic E-state index is 0.132. The zero-order valence-corrected chi connectivity index (χ0v) is 5.50. The molecule has 5 heteroatoms. The maximum absolute atomic E-state index is 10.1. The largest absolute Gasteiger partial charge is 0.306 e. The molecule has 0 spiro atoms. The van der Waals surface area contributed by atoms with Gasteiger partial charge in [0.1, 0.15) is 0 Å². The smallest absolute Gasteiger partial charge is 0.258 e. The molecule has 0 aliphatic rings. The van der Waals surface area contributed by atoms with Gasteiger partial charge >= 0.3 is 5.69 Å². The average Bonchev–Trinajstić information content (AvgIpc) is 1.88. The van der Waals surface area contributed by atoms with Gasteiger partial charge in [-0.3, -0.25) is 10.1 Å². The molecule has 0 fully saturated rings. The zero-order chi connectivity index (χ0) is 7.56. The normalized spacial score (nSPS) is 9.30. The monoisotopic (exact) mass is 157 g/mol. The molecule has 0 saturated carbocycles. The summed E-state index contributed by atoms with van der Waals surface area (Å²) < 4.78 is 0. The molecule has 0 aliphatic heterocycles. The van der Waals surface area contributed by atoms with Crippen LogP contribution in [0, 0.1) is 16.3 Å². The van der Waals surface area contributed by atoms with Gasteiger partial charge in [0.25, 0.3) is 0 Å². The Balaban J connectivity index is 3.15. The summed E-state index contributed by atoms with van der Waals surface area (Å²) >= 11 is 5.34. The highest BCUT2D eigenvalue weighted by atomic mass is 35.5. The third kappa shape index (κ3) is 1.22. The van der Waals surface area contributed by atoms with E-state index in [-0.39, 0.29) is 10.8 Å². The molecule has 0 aromatic carbocycles. The van der Waals surface area contributed by atoms with Crippen molar-refractivity contribution in [3.8, 4) is 0 Å². The van der Waals surface area contributed by atoms with Crippen LogP contribution in [0.4, 0.5) is 5.69 Å². The summed E-state index contributed by atoms with van der Waals surface area (Å²) in [4.78, 5) is 12.9. The molecule has 0 saturated heterocycles. The van der Waals surface area contributed by atoms with E-state index in [1.54, 1.807) is 0 Å². The van der Waals surface area contributed by atoms with E-state index in [9.17, 15) is 10.1 Å². The van der Waals surface area contributed by atoms with Crippen LogP contribution in [0.2, 0.25) is 5.15 Å². The summed E-state index contributed by atoms with van der Waals surface area (Å²) in [5, 5.41) is 9.96. The van der Waals surface area contributed by atoms with E-state index in [2.05, 4.69) is 11.2 Å². The Morgan fingerprint density at radius 3 is 2.90 bits per heavy atom. The minimum Gasteiger partial charge on any atom is -0.258 e. The van der Waals surface area contributed by atoms with Crippen molar-refractivity contribution in [2.75, 3.05) is 0 Å². The van der Waals surface area contributed by atoms with Crippen LogP contribution in [-0.4, -0.2) is 9.91 Å². The highest BCUT2D eigenvalue weighted by molar-refractivity contribution is 6.31. The molecule has 1 aromatic heterocycles. The lowest BCUT2D eigenvalue weighted by atomic mass is 10.4. The van der Waals surface area contributed by atoms with E-state index in [1.165, 1.54) is 12.1 Å². The first-order valence-corrected chi connectivity index (χ1v) is 2.76. The number of halogens is 1. The predicted molar refractivity (Wildman–Crippen MR) is 34.7 cm³/mol. The molecule has 0 aliphatic carbocycles. The second-order valence-corrected chi connectivity index (χ2v) is 1.87. The third-order valence-electron chi connectivity index (χ3n) is 0.887. The fraction of sp³-hybridized carbons (Fsp3) is 0. The van der Waals surface area contributed by atoms with E-state index in [4.69, 9.17) is 11.6 Å². The van der Waals surface area contributed by atoms with Gasteiger partial charge in [-0.2, -0.15) is 0 Å². The van der Waals surface area contributed by atoms with Gasteiger partial charge in [0.15, 0.2) is 0 Å². The number of nitrogens with zero attached hydrogens (tertiary/aromatic N) is 2. The Morgan fingerprint density at radius 1 is 1.80 bits per heavy atom. The van der Waals surface area contributed by atoms with Gasteiger partial charge in [-0.05, 0) is 6.07 Å². The topological polar surface area (TPSA) is 56.0 Å². The molecule has 1 rings (SSSR count). The van der Waals surface area contributed by atoms with E-state index in [1.807, 2.05) is 0 Å². The lowest BCUT2D eigenvalue weighted by molar-refractivity contribution is -0.385. The molecular weight excluding hydrogens is 156 g/mol. The standard InChI is InChI=1S/C5H2ClN2O2/c6-5-4(8(9)10)2-1-3-7-5/h1-2H. The van der Waals surface area contributed by atoms with Crippen molar-refractivity contribution < 1.29 is 4.92 Å². The Bertz CT molecular complexity index is 264. The summed E-state index contributed by atoms with van der Waals surface area (Å²) in [7, 11) is 0. The van der Waals surface area contributed by atoms with Gasteiger partial charge in [-0.15, -0.1) is 0 Å². The number of pyridine rings is 1. The molecule has 0 bridgehead atoms. The van der Waals surface area contributed by atoms with Gasteiger partial charge in [0, 0.05) is 6.07 Å². The fourth-order valence-corrected chi connectivity index (χ4v) is 0.653. The van der Waals surface area contributed by atoms with Crippen molar-refractivity contribution in [3.63, 3.8) is 0 Å². The minimum atomic E-state index is -0.594. The second kappa shape index (κ2) is 2.62. The molecular formula is C5H2ClN2O2. The van der Waals surface area contributed by atoms with Crippen LogP contribution >= 0.6 is 11.6 Å². The van der Waals surface area contributed by atoms with Crippen LogP contribution in [0.1, 0.15) is 0 Å². The molecule has 1 radical (unpaired) electrons. The van der Waals surface area contributed by atoms with E-state index >= 15 is 0 Å². The summed E-state index contributed by atoms with van der Waals surface area (Å²) in [5.41, 5.74) is -0.194. The van der Waals surface area contributed by atoms with Crippen molar-refractivity contribution >= 4 is 17.3 Å². The van der Waals surface area contributed by atoms with E-state index in [0.717, 1.165) is 0 Å². The fourth-order valence-electron chi connectivity index (χ4n) is 0.472. The summed E-state index contributed by atoms with van der Waals surface area (Å²) in [5.74, 6) is 0. The third-order valence-corrected chi connectivity index (χ3v) is 1.16. The Labute approximate surface area is 61.6 Å². The first-order chi connectivity index (χ1) is 4.72. The van der Waals surface area contributed by atoms with Crippen molar-refractivity contribution in [2.24, 2.45) is 0 Å². The molecule has 0 unspecified atom stereocenters. The van der Waals surface area contributed by atoms with Gasteiger partial charge < -0.3 is 0 Å². The number of nitro groups is 1. The Kier molecular flexibility index (Phi) is 1.82. The van der Waals surface area contributed by atoms with Crippen molar-refractivity contribution in [2.45, 2.75) is 0 Å². The summed E-state index contributed by atoms with van der Waals surface area (Å²) in [6, 6.07) is 2.58. The molecule has 1 heterocycles. The number of aromatic nitrogens is 1. The Hall–Kier alpha value is -1.16. The van der Waals surface area contributed by atoms with Crippen LogP contribution in [0.15, 0.2) is 12.1 Å². The summed E-state index contributed by atoms with van der Waals surface area (Å²) in [6.07, 6.45) is 2.37. The molecule has 0 amide bonds. The molecule has 4 nitrogen and oxygen atoms in total. The highest BCUT2D eigenvalue weighted by Crippen LogP contribution is 2.18. The maximum atomic E-state index is 10.1. The Morgan fingerprint density at radius 2 is 2.50 bits per heavy atom. The lowest BCUT2D eigenvalue weighted by Gasteiger charge is -1.89. The molecule has 0 N–H and O–H groups in total. The van der Waals surface area contributed by atoms with Crippen LogP contribution in [0.5, 0.6) is 0 Å². The van der Waals surface area contributed by atoms with Crippen LogP contribution in [0.3, 0.4) is 0 Å². The number of hydrogen-bond acceptors (Lipinski definition) is 3. The highest BCUT2D eigenvalue weighted by Gasteiger charge is 2.10. The quantitative estimate of drug-likeness (QED) is 0.352. The molecule has 0 atom stereocenters. The molecule has 51 valence electrons. The molecule has 10 heavy (non-hydrogen) atoms. The van der Waals surface area contributed by atoms with Crippen molar-refractivity contribution in [3.05, 3.63) is 33.6 Å². The molecule has 1 aromatic rings. The van der Waals surface area contributed by atoms with Gasteiger partial charge in [-0.25, -0.2) is 4.98 Å². The van der Waals surface area contributed by atoms with Crippen molar-refractivity contribution in [1.29, 1.82) is 0 Å². The zero-order valence-electron chi connectivity index (χ0n) is 4.74. The maximum Gasteiger partial charge on any atom is 0.306 e. The van der Waals surface area contributed by atoms with Gasteiger partial charge in [0.05, 0.1) is 11.1 Å². The number of hydrogen-bond donors (Lipinski definition) is 0. The first-order valence-electron chi connectivity index (χ1n) is 2.39. The second-order valence-electron chi connectivity index (χ2n) is 1.51. The average molecular weight is 158 g/mol. The summed E-state index contributed by atoms with van der Waals surface area (Å²) in [6.45, 7) is 0. The van der Waals surface area contributed by atoms with Gasteiger partial charge in [-0.1, -0.05) is 11.6 Å². The number of rotatable bonds is 1. The van der Waals surface area contributed by atoms with Crippen LogP contribution < -0.4 is 0 Å². The predicted octanol–water partition coefficient (Wildman–Crippen LogP) is 1.44.